The Hall–Kier alpha value is -1.27. The molecule has 21 heavy (non-hydrogen) atoms. The first-order valence-corrected chi connectivity index (χ1v) is 6.54. The fourth-order valence-corrected chi connectivity index (χ4v) is 2.83. The van der Waals surface area contributed by atoms with Crippen molar-refractivity contribution in [3.8, 4) is 5.75 Å². The van der Waals surface area contributed by atoms with E-state index in [-0.39, 0.29) is 35.9 Å². The van der Waals surface area contributed by atoms with Crippen molar-refractivity contribution in [3.63, 3.8) is 0 Å². The molecule has 1 N–H and O–H groups in total. The summed E-state index contributed by atoms with van der Waals surface area (Å²) in [4.78, 5) is 12.2. The highest BCUT2D eigenvalue weighted by Gasteiger charge is 2.42. The lowest BCUT2D eigenvalue weighted by Crippen LogP contribution is -2.49. The topological polar surface area (TPSA) is 38.3 Å². The molecule has 0 aromatic heterocycles. The summed E-state index contributed by atoms with van der Waals surface area (Å²) in [5.74, 6) is 0.00963. The second kappa shape index (κ2) is 5.50. The molecule has 2 aliphatic heterocycles. The molecule has 1 aromatic carbocycles. The van der Waals surface area contributed by atoms with Gasteiger partial charge in [0, 0.05) is 12.8 Å². The number of benzene rings is 1. The van der Waals surface area contributed by atoms with Crippen molar-refractivity contribution in [1.29, 1.82) is 0 Å². The number of ketones is 1. The first-order chi connectivity index (χ1) is 9.40. The Kier molecular flexibility index (Phi) is 4.22. The average Bonchev–Trinajstić information content (AvgIpc) is 2.38. The number of Topliss-reactive ketones (excluding diaryl/α,β-unsaturated/α-hetero) is 1. The quantitative estimate of drug-likeness (QED) is 0.797. The predicted molar refractivity (Wildman–Crippen MR) is 73.1 cm³/mol. The van der Waals surface area contributed by atoms with Crippen LogP contribution in [0.2, 0.25) is 0 Å². The number of halogens is 4. The molecule has 1 spiro atoms. The number of hydrogen-bond donors (Lipinski definition) is 1. The molecule has 7 heteroatoms. The van der Waals surface area contributed by atoms with Crippen LogP contribution in [0.1, 0.15) is 35.2 Å². The third kappa shape index (κ3) is 3.01. The van der Waals surface area contributed by atoms with Crippen molar-refractivity contribution in [2.75, 3.05) is 13.1 Å². The molecule has 1 aromatic rings. The third-order valence-corrected chi connectivity index (χ3v) is 3.93. The van der Waals surface area contributed by atoms with Gasteiger partial charge in [-0.1, -0.05) is 0 Å². The molecular formula is C14H15ClF3NO2. The number of piperidine rings is 1. The molecule has 2 heterocycles. The number of alkyl halides is 3. The highest BCUT2D eigenvalue weighted by Crippen LogP contribution is 2.40. The largest absolute Gasteiger partial charge is 0.486 e. The lowest BCUT2D eigenvalue weighted by Gasteiger charge is -2.41. The fraction of sp³-hybridized carbons (Fsp3) is 0.500. The Morgan fingerprint density at radius 1 is 1.19 bits per heavy atom. The summed E-state index contributed by atoms with van der Waals surface area (Å²) in [5, 5.41) is 3.18. The second-order valence-electron chi connectivity index (χ2n) is 5.34. The SMILES string of the molecule is Cl.O=C1CC2(CCNCC2)Oc2ccc(C(F)(F)F)cc21. The summed E-state index contributed by atoms with van der Waals surface area (Å²) >= 11 is 0. The zero-order valence-electron chi connectivity index (χ0n) is 11.1. The number of fused-ring (bicyclic) bond motifs is 1. The van der Waals surface area contributed by atoms with E-state index in [4.69, 9.17) is 4.74 Å². The van der Waals surface area contributed by atoms with Crippen LogP contribution in [0, 0.1) is 0 Å². The van der Waals surface area contributed by atoms with Crippen LogP contribution >= 0.6 is 12.4 Å². The van der Waals surface area contributed by atoms with Crippen molar-refractivity contribution in [2.45, 2.75) is 31.0 Å². The molecule has 0 saturated carbocycles. The zero-order chi connectivity index (χ0) is 14.4. The zero-order valence-corrected chi connectivity index (χ0v) is 11.9. The molecule has 0 aliphatic carbocycles. The number of nitrogens with one attached hydrogen (secondary N) is 1. The highest BCUT2D eigenvalue weighted by atomic mass is 35.5. The Morgan fingerprint density at radius 3 is 2.48 bits per heavy atom. The first-order valence-electron chi connectivity index (χ1n) is 6.54. The second-order valence-corrected chi connectivity index (χ2v) is 5.34. The van der Waals surface area contributed by atoms with Crippen LogP contribution in [0.15, 0.2) is 18.2 Å². The van der Waals surface area contributed by atoms with E-state index in [0.717, 1.165) is 25.2 Å². The molecule has 3 nitrogen and oxygen atoms in total. The van der Waals surface area contributed by atoms with Gasteiger partial charge in [-0.05, 0) is 31.3 Å². The van der Waals surface area contributed by atoms with E-state index in [9.17, 15) is 18.0 Å². The van der Waals surface area contributed by atoms with E-state index in [0.29, 0.717) is 12.8 Å². The number of carbonyl (C=O) groups excluding carboxylic acids is 1. The molecule has 0 bridgehead atoms. The maximum absolute atomic E-state index is 12.7. The highest BCUT2D eigenvalue weighted by molar-refractivity contribution is 6.00. The smallest absolute Gasteiger partial charge is 0.416 e. The van der Waals surface area contributed by atoms with Gasteiger partial charge in [-0.2, -0.15) is 13.2 Å². The molecule has 3 rings (SSSR count). The van der Waals surface area contributed by atoms with E-state index in [1.54, 1.807) is 0 Å². The number of rotatable bonds is 0. The third-order valence-electron chi connectivity index (χ3n) is 3.93. The average molecular weight is 322 g/mol. The van der Waals surface area contributed by atoms with Crippen molar-refractivity contribution in [3.05, 3.63) is 29.3 Å². The Balaban J connectivity index is 0.00000161. The van der Waals surface area contributed by atoms with Crippen LogP contribution in [-0.2, 0) is 6.18 Å². The molecule has 0 amide bonds. The summed E-state index contributed by atoms with van der Waals surface area (Å²) in [5.41, 5.74) is -1.31. The lowest BCUT2D eigenvalue weighted by molar-refractivity contribution is -0.137. The summed E-state index contributed by atoms with van der Waals surface area (Å²) in [7, 11) is 0. The Bertz CT molecular complexity index is 554. The van der Waals surface area contributed by atoms with Gasteiger partial charge in [0.05, 0.1) is 17.5 Å². The van der Waals surface area contributed by atoms with Crippen LogP contribution in [-0.4, -0.2) is 24.5 Å². The summed E-state index contributed by atoms with van der Waals surface area (Å²) in [6.45, 7) is 1.51. The number of hydrogen-bond acceptors (Lipinski definition) is 3. The molecule has 2 aliphatic rings. The van der Waals surface area contributed by atoms with E-state index in [2.05, 4.69) is 5.32 Å². The van der Waals surface area contributed by atoms with Crippen molar-refractivity contribution in [1.82, 2.24) is 5.32 Å². The van der Waals surface area contributed by atoms with Gasteiger partial charge >= 0.3 is 6.18 Å². The number of ether oxygens (including phenoxy) is 1. The van der Waals surface area contributed by atoms with Crippen LogP contribution in [0.25, 0.3) is 0 Å². The van der Waals surface area contributed by atoms with Gasteiger partial charge in [0.1, 0.15) is 11.4 Å². The van der Waals surface area contributed by atoms with Gasteiger partial charge in [-0.3, -0.25) is 4.79 Å². The number of carbonyl (C=O) groups is 1. The minimum Gasteiger partial charge on any atom is -0.486 e. The molecular weight excluding hydrogens is 307 g/mol. The van der Waals surface area contributed by atoms with Crippen LogP contribution in [0.4, 0.5) is 13.2 Å². The summed E-state index contributed by atoms with van der Waals surface area (Å²) in [6.07, 6.45) is -2.90. The van der Waals surface area contributed by atoms with Crippen molar-refractivity contribution in [2.24, 2.45) is 0 Å². The maximum Gasteiger partial charge on any atom is 0.416 e. The van der Waals surface area contributed by atoms with Gasteiger partial charge in [0.25, 0.3) is 0 Å². The van der Waals surface area contributed by atoms with Crippen molar-refractivity contribution >= 4 is 18.2 Å². The molecule has 0 unspecified atom stereocenters. The summed E-state index contributed by atoms with van der Waals surface area (Å²) < 4.78 is 43.9. The molecule has 0 atom stereocenters. The van der Waals surface area contributed by atoms with Crippen LogP contribution in [0.5, 0.6) is 5.75 Å². The monoisotopic (exact) mass is 321 g/mol. The van der Waals surface area contributed by atoms with E-state index < -0.39 is 17.3 Å². The first kappa shape index (κ1) is 16.1. The summed E-state index contributed by atoms with van der Waals surface area (Å²) in [6, 6.07) is 3.12. The fourth-order valence-electron chi connectivity index (χ4n) is 2.83. The van der Waals surface area contributed by atoms with Crippen LogP contribution < -0.4 is 10.1 Å². The van der Waals surface area contributed by atoms with Gasteiger partial charge in [-0.15, -0.1) is 12.4 Å². The molecule has 1 fully saturated rings. The molecule has 0 radical (unpaired) electrons. The normalized spacial score (nSPS) is 20.4. The van der Waals surface area contributed by atoms with Crippen LogP contribution in [0.3, 0.4) is 0 Å². The van der Waals surface area contributed by atoms with Gasteiger partial charge in [0.15, 0.2) is 5.78 Å². The van der Waals surface area contributed by atoms with Crippen molar-refractivity contribution < 1.29 is 22.7 Å². The van der Waals surface area contributed by atoms with E-state index >= 15 is 0 Å². The molecule has 1 saturated heterocycles. The Morgan fingerprint density at radius 2 is 1.86 bits per heavy atom. The minimum atomic E-state index is -4.45. The van der Waals surface area contributed by atoms with E-state index in [1.165, 1.54) is 6.07 Å². The van der Waals surface area contributed by atoms with Gasteiger partial charge in [-0.25, -0.2) is 0 Å². The standard InChI is InChI=1S/C14H14F3NO2.ClH/c15-14(16,17)9-1-2-12-10(7-9)11(19)8-13(20-12)3-5-18-6-4-13;/h1-2,7,18H,3-6,8H2;1H. The predicted octanol–water partition coefficient (Wildman–Crippen LogP) is 3.21. The maximum atomic E-state index is 12.7. The Labute approximate surface area is 126 Å². The van der Waals surface area contributed by atoms with E-state index in [1.807, 2.05) is 0 Å². The minimum absolute atomic E-state index is 0. The van der Waals surface area contributed by atoms with Gasteiger partial charge in [0.2, 0.25) is 0 Å². The molecule has 116 valence electrons. The van der Waals surface area contributed by atoms with Gasteiger partial charge < -0.3 is 10.1 Å². The lowest BCUT2D eigenvalue weighted by atomic mass is 9.83.